The van der Waals surface area contributed by atoms with E-state index in [1.807, 2.05) is 30.3 Å². The number of hydrogen-bond acceptors (Lipinski definition) is 7. The Kier molecular flexibility index (Phi) is 7.12. The molecule has 2 rings (SSSR count). The number of methoxy groups -OCH3 is 1. The Hall–Kier alpha value is -2.91. The van der Waals surface area contributed by atoms with Gasteiger partial charge < -0.3 is 25.0 Å². The minimum Gasteiger partial charge on any atom is -0.464 e. The van der Waals surface area contributed by atoms with Gasteiger partial charge in [-0.2, -0.15) is 5.10 Å². The van der Waals surface area contributed by atoms with Crippen LogP contribution in [-0.4, -0.2) is 52.2 Å². The smallest absolute Gasteiger partial charge is 0.407 e. The van der Waals surface area contributed by atoms with E-state index in [1.165, 1.54) is 13.3 Å². The predicted molar refractivity (Wildman–Crippen MR) is 90.1 cm³/mol. The van der Waals surface area contributed by atoms with Crippen LogP contribution in [0.15, 0.2) is 36.5 Å². The van der Waals surface area contributed by atoms with Gasteiger partial charge in [0.05, 0.1) is 19.4 Å². The molecule has 140 valence electrons. The molecule has 1 aromatic heterocycles. The number of aliphatic hydroxyl groups is 2. The Labute approximate surface area is 149 Å². The molecule has 0 saturated carbocycles. The summed E-state index contributed by atoms with van der Waals surface area (Å²) in [5.74, 6) is -0.702. The minimum atomic E-state index is -1.36. The van der Waals surface area contributed by atoms with Crippen LogP contribution in [0.3, 0.4) is 0 Å². The molecule has 9 heteroatoms. The highest BCUT2D eigenvalue weighted by molar-refractivity contribution is 5.88. The molecule has 0 aliphatic rings. The van der Waals surface area contributed by atoms with Crippen molar-refractivity contribution in [3.8, 4) is 0 Å². The molecule has 2 aromatic rings. The van der Waals surface area contributed by atoms with E-state index in [4.69, 9.17) is 4.74 Å². The molecule has 0 saturated heterocycles. The van der Waals surface area contributed by atoms with Crippen LogP contribution in [0.2, 0.25) is 0 Å². The van der Waals surface area contributed by atoms with Crippen molar-refractivity contribution in [2.75, 3.05) is 13.7 Å². The number of aliphatic hydroxyl groups excluding tert-OH is 2. The Bertz CT molecular complexity index is 718. The number of hydrogen-bond donors (Lipinski definition) is 4. The van der Waals surface area contributed by atoms with Gasteiger partial charge in [-0.15, -0.1) is 0 Å². The van der Waals surface area contributed by atoms with E-state index in [1.54, 1.807) is 0 Å². The lowest BCUT2D eigenvalue weighted by molar-refractivity contribution is 0.0125. The van der Waals surface area contributed by atoms with Crippen LogP contribution in [0, 0.1) is 0 Å². The van der Waals surface area contributed by atoms with E-state index < -0.39 is 24.3 Å². The number of esters is 1. The van der Waals surface area contributed by atoms with Crippen LogP contribution in [0.4, 0.5) is 4.79 Å². The Morgan fingerprint density at radius 1 is 1.27 bits per heavy atom. The van der Waals surface area contributed by atoms with Gasteiger partial charge in [0, 0.05) is 12.1 Å². The second-order valence-electron chi connectivity index (χ2n) is 5.48. The number of carbonyl (C=O) groups excluding carboxylic acids is 2. The monoisotopic (exact) mass is 363 g/mol. The fourth-order valence-corrected chi connectivity index (χ4v) is 2.25. The molecule has 2 atom stereocenters. The maximum absolute atomic E-state index is 11.6. The van der Waals surface area contributed by atoms with Gasteiger partial charge in [-0.1, -0.05) is 30.3 Å². The molecule has 0 aliphatic carbocycles. The van der Waals surface area contributed by atoms with Gasteiger partial charge in [0.25, 0.3) is 0 Å². The number of alkyl carbamates (subject to hydrolysis) is 1. The number of aromatic nitrogens is 2. The van der Waals surface area contributed by atoms with E-state index in [0.29, 0.717) is 0 Å². The second-order valence-corrected chi connectivity index (χ2v) is 5.48. The van der Waals surface area contributed by atoms with Gasteiger partial charge in [0.2, 0.25) is 0 Å². The molecule has 1 heterocycles. The molecule has 2 unspecified atom stereocenters. The van der Waals surface area contributed by atoms with Crippen LogP contribution in [-0.2, 0) is 16.1 Å². The molecule has 0 bridgehead atoms. The first kappa shape index (κ1) is 19.4. The third-order valence-corrected chi connectivity index (χ3v) is 3.66. The van der Waals surface area contributed by atoms with E-state index in [9.17, 15) is 19.8 Å². The quantitative estimate of drug-likeness (QED) is 0.512. The third kappa shape index (κ3) is 5.30. The SMILES string of the molecule is COC(=O)c1[nH]ncc1C(O)C(O)CCNC(=O)OCc1ccccc1. The molecule has 26 heavy (non-hydrogen) atoms. The van der Waals surface area contributed by atoms with Crippen molar-refractivity contribution >= 4 is 12.1 Å². The third-order valence-electron chi connectivity index (χ3n) is 3.66. The summed E-state index contributed by atoms with van der Waals surface area (Å²) in [5.41, 5.74) is 0.943. The number of carbonyl (C=O) groups is 2. The normalized spacial score (nSPS) is 12.9. The Morgan fingerprint density at radius 2 is 2.00 bits per heavy atom. The zero-order valence-electron chi connectivity index (χ0n) is 14.2. The maximum Gasteiger partial charge on any atom is 0.407 e. The van der Waals surface area contributed by atoms with Gasteiger partial charge in [-0.05, 0) is 12.0 Å². The van der Waals surface area contributed by atoms with E-state index in [2.05, 4.69) is 20.3 Å². The number of nitrogens with one attached hydrogen (secondary N) is 2. The summed E-state index contributed by atoms with van der Waals surface area (Å²) in [6.45, 7) is 0.215. The first-order valence-corrected chi connectivity index (χ1v) is 7.95. The summed E-state index contributed by atoms with van der Waals surface area (Å²) in [6, 6.07) is 9.20. The predicted octanol–water partition coefficient (Wildman–Crippen LogP) is 0.907. The standard InChI is InChI=1S/C17H21N3O6/c1-25-16(23)14-12(9-19-20-14)15(22)13(21)7-8-18-17(24)26-10-11-5-3-2-4-6-11/h2-6,9,13,15,21-22H,7-8,10H2,1H3,(H,18,24)(H,19,20). The van der Waals surface area contributed by atoms with Gasteiger partial charge >= 0.3 is 12.1 Å². The molecule has 1 amide bonds. The molecule has 1 aromatic carbocycles. The Morgan fingerprint density at radius 3 is 2.69 bits per heavy atom. The highest BCUT2D eigenvalue weighted by Crippen LogP contribution is 2.21. The molecular formula is C17H21N3O6. The average molecular weight is 363 g/mol. The van der Waals surface area contributed by atoms with Crippen LogP contribution in [0.1, 0.15) is 34.1 Å². The van der Waals surface area contributed by atoms with Gasteiger partial charge in [-0.3, -0.25) is 5.10 Å². The van der Waals surface area contributed by atoms with Gasteiger partial charge in [0.1, 0.15) is 18.4 Å². The van der Waals surface area contributed by atoms with Crippen molar-refractivity contribution in [1.82, 2.24) is 15.5 Å². The zero-order valence-corrected chi connectivity index (χ0v) is 14.2. The average Bonchev–Trinajstić information content (AvgIpc) is 3.15. The number of ether oxygens (including phenoxy) is 2. The Balaban J connectivity index is 1.76. The lowest BCUT2D eigenvalue weighted by Crippen LogP contribution is -2.30. The van der Waals surface area contributed by atoms with Gasteiger partial charge in [-0.25, -0.2) is 9.59 Å². The van der Waals surface area contributed by atoms with E-state index in [0.717, 1.165) is 5.56 Å². The van der Waals surface area contributed by atoms with E-state index in [-0.39, 0.29) is 30.8 Å². The number of nitrogens with zero attached hydrogens (tertiary/aromatic N) is 1. The lowest BCUT2D eigenvalue weighted by atomic mass is 10.0. The molecule has 0 fully saturated rings. The van der Waals surface area contributed by atoms with Crippen LogP contribution in [0.5, 0.6) is 0 Å². The first-order chi connectivity index (χ1) is 12.5. The van der Waals surface area contributed by atoms with Crippen LogP contribution >= 0.6 is 0 Å². The summed E-state index contributed by atoms with van der Waals surface area (Å²) >= 11 is 0. The van der Waals surface area contributed by atoms with Crippen molar-refractivity contribution < 1.29 is 29.3 Å². The first-order valence-electron chi connectivity index (χ1n) is 7.95. The largest absolute Gasteiger partial charge is 0.464 e. The molecule has 0 aliphatic heterocycles. The fourth-order valence-electron chi connectivity index (χ4n) is 2.25. The van der Waals surface area contributed by atoms with Crippen molar-refractivity contribution in [3.63, 3.8) is 0 Å². The van der Waals surface area contributed by atoms with Crippen molar-refractivity contribution in [1.29, 1.82) is 0 Å². The van der Waals surface area contributed by atoms with Crippen LogP contribution in [0.25, 0.3) is 0 Å². The summed E-state index contributed by atoms with van der Waals surface area (Å²) in [7, 11) is 1.20. The van der Waals surface area contributed by atoms with Crippen molar-refractivity contribution in [2.24, 2.45) is 0 Å². The summed E-state index contributed by atoms with van der Waals surface area (Å²) in [5, 5.41) is 28.8. The number of aromatic amines is 1. The summed E-state index contributed by atoms with van der Waals surface area (Å²) < 4.78 is 9.60. The number of rotatable bonds is 8. The minimum absolute atomic E-state index is 0.0331. The van der Waals surface area contributed by atoms with Gasteiger partial charge in [0.15, 0.2) is 0 Å². The molecular weight excluding hydrogens is 342 g/mol. The topological polar surface area (TPSA) is 134 Å². The number of benzene rings is 1. The number of amides is 1. The molecule has 4 N–H and O–H groups in total. The second kappa shape index (κ2) is 9.54. The highest BCUT2D eigenvalue weighted by atomic mass is 16.5. The molecule has 0 spiro atoms. The lowest BCUT2D eigenvalue weighted by Gasteiger charge is -2.17. The summed E-state index contributed by atoms with van der Waals surface area (Å²) in [6.07, 6.45) is -1.92. The molecule has 0 radical (unpaired) electrons. The highest BCUT2D eigenvalue weighted by Gasteiger charge is 2.26. The summed E-state index contributed by atoms with van der Waals surface area (Å²) in [4.78, 5) is 23.2. The fraction of sp³-hybridized carbons (Fsp3) is 0.353. The van der Waals surface area contributed by atoms with Crippen LogP contribution < -0.4 is 5.32 Å². The van der Waals surface area contributed by atoms with Crippen molar-refractivity contribution in [2.45, 2.75) is 25.2 Å². The van der Waals surface area contributed by atoms with E-state index >= 15 is 0 Å². The molecule has 9 nitrogen and oxygen atoms in total. The zero-order chi connectivity index (χ0) is 18.9. The number of H-pyrrole nitrogens is 1. The maximum atomic E-state index is 11.6. The van der Waals surface area contributed by atoms with Crippen molar-refractivity contribution in [3.05, 3.63) is 53.3 Å².